The molecule has 0 saturated carbocycles. The second-order valence-corrected chi connectivity index (χ2v) is 4.54. The maximum absolute atomic E-state index is 12.3. The number of hydrogen-bond donors (Lipinski definition) is 3. The van der Waals surface area contributed by atoms with Crippen LogP contribution in [-0.4, -0.2) is 31.3 Å². The van der Waals surface area contributed by atoms with E-state index in [9.17, 15) is 14.4 Å². The summed E-state index contributed by atoms with van der Waals surface area (Å²) < 4.78 is 22.8. The zero-order chi connectivity index (χ0) is 17.2. The molecule has 2 aromatic rings. The van der Waals surface area contributed by atoms with Crippen molar-refractivity contribution in [1.29, 1.82) is 0 Å². The first-order chi connectivity index (χ1) is 11.0. The Balaban J connectivity index is 0.000000954. The monoisotopic (exact) mass is 358 g/mol. The molecule has 2 aromatic carbocycles. The first-order valence-corrected chi connectivity index (χ1v) is 7.27. The molecule has 0 atom stereocenters. The molecule has 0 radical (unpaired) electrons. The molecule has 0 aromatic heterocycles. The Hall–Kier alpha value is -1.68. The smallest absolute Gasteiger partial charge is 0.319 e. The van der Waals surface area contributed by atoms with E-state index in [0.717, 1.165) is 0 Å². The van der Waals surface area contributed by atoms with Crippen molar-refractivity contribution in [3.05, 3.63) is 65.7 Å². The van der Waals surface area contributed by atoms with Crippen LogP contribution in [0.3, 0.4) is 0 Å². The van der Waals surface area contributed by atoms with Crippen LogP contribution in [0.5, 0.6) is 0 Å². The molecule has 9 heteroatoms. The summed E-state index contributed by atoms with van der Waals surface area (Å²) in [5.74, 6) is -0.990. The minimum absolute atomic E-state index is 0. The van der Waals surface area contributed by atoms with Gasteiger partial charge in [-0.3, -0.25) is 23.5 Å². The molecule has 0 saturated heterocycles. The fourth-order valence-electron chi connectivity index (χ4n) is 1.70. The van der Waals surface area contributed by atoms with E-state index < -0.39 is 17.3 Å². The van der Waals surface area contributed by atoms with Crippen molar-refractivity contribution in [3.63, 3.8) is 0 Å². The molecule has 2 rings (SSSR count). The van der Waals surface area contributed by atoms with Crippen LogP contribution in [0.2, 0.25) is 0 Å². The number of amides is 1. The quantitative estimate of drug-likeness (QED) is 0.206. The van der Waals surface area contributed by atoms with Gasteiger partial charge in [0.05, 0.1) is 5.69 Å². The van der Waals surface area contributed by atoms with E-state index in [2.05, 4.69) is 5.32 Å². The van der Waals surface area contributed by atoms with Crippen LogP contribution in [0.4, 0.5) is 5.69 Å². The zero-order valence-electron chi connectivity index (χ0n) is 12.7. The molecule has 0 bridgehead atoms. The van der Waals surface area contributed by atoms with Crippen LogP contribution in [0.15, 0.2) is 54.6 Å². The minimum atomic E-state index is -2.61. The number of benzene rings is 2. The van der Waals surface area contributed by atoms with E-state index in [4.69, 9.17) is 13.3 Å². The van der Waals surface area contributed by atoms with Gasteiger partial charge in [-0.05, 0) is 12.1 Å². The standard InChI is InChI=1S/C15H11NO3.Na.H2O3S/c17-10-14(18)16-13-9-5-4-8-12(13)15(19)11-6-2-1-3-7-11;;1-4(2)3/h1-10H,(H,16,18);;(H2,1,2,3)/q;+1;. The Morgan fingerprint density at radius 1 is 0.958 bits per heavy atom. The van der Waals surface area contributed by atoms with E-state index in [1.807, 2.05) is 6.07 Å². The van der Waals surface area contributed by atoms with E-state index in [-0.39, 0.29) is 41.6 Å². The second-order valence-electron chi connectivity index (χ2n) is 4.08. The van der Waals surface area contributed by atoms with Gasteiger partial charge in [0.1, 0.15) is 0 Å². The van der Waals surface area contributed by atoms with Gasteiger partial charge in [0.15, 0.2) is 5.78 Å². The Kier molecular flexibility index (Phi) is 11.0. The molecule has 24 heavy (non-hydrogen) atoms. The Morgan fingerprint density at radius 3 is 2.00 bits per heavy atom. The maximum Gasteiger partial charge on any atom is 1.00 e. The summed E-state index contributed by atoms with van der Waals surface area (Å²) in [6.07, 6.45) is 0.170. The van der Waals surface area contributed by atoms with Crippen LogP contribution < -0.4 is 34.9 Å². The number of hydrogen-bond acceptors (Lipinski definition) is 4. The molecule has 7 nitrogen and oxygen atoms in total. The average molecular weight is 358 g/mol. The summed E-state index contributed by atoms with van der Waals surface area (Å²) >= 11 is -2.61. The van der Waals surface area contributed by atoms with Gasteiger partial charge in [-0.1, -0.05) is 42.5 Å². The first kappa shape index (κ1) is 22.3. The van der Waals surface area contributed by atoms with Gasteiger partial charge in [-0.15, -0.1) is 0 Å². The molecular formula is C15H13NNaO6S+. The van der Waals surface area contributed by atoms with E-state index in [0.29, 0.717) is 16.8 Å². The number of anilines is 1. The molecule has 3 N–H and O–H groups in total. The van der Waals surface area contributed by atoms with E-state index in [1.54, 1.807) is 48.5 Å². The Morgan fingerprint density at radius 2 is 1.46 bits per heavy atom. The third-order valence-electron chi connectivity index (χ3n) is 2.57. The van der Waals surface area contributed by atoms with Crippen LogP contribution in [-0.2, 0) is 21.0 Å². The number of aldehydes is 1. The van der Waals surface area contributed by atoms with Gasteiger partial charge in [-0.2, -0.15) is 4.21 Å². The number of nitrogens with one attached hydrogen (secondary N) is 1. The first-order valence-electron chi connectivity index (χ1n) is 6.20. The molecule has 0 fully saturated rings. The van der Waals surface area contributed by atoms with E-state index in [1.165, 1.54) is 0 Å². The SMILES string of the molecule is O=CC(=O)Nc1ccccc1C(=O)c1ccccc1.O=S(O)O.[Na+]. The number of rotatable bonds is 4. The van der Waals surface area contributed by atoms with Crippen LogP contribution in [0.1, 0.15) is 15.9 Å². The average Bonchev–Trinajstić information content (AvgIpc) is 2.55. The van der Waals surface area contributed by atoms with Crippen molar-refractivity contribution in [2.45, 2.75) is 0 Å². The van der Waals surface area contributed by atoms with Crippen LogP contribution in [0, 0.1) is 0 Å². The maximum atomic E-state index is 12.3. The molecule has 120 valence electrons. The summed E-state index contributed by atoms with van der Waals surface area (Å²) in [6.45, 7) is 0. The van der Waals surface area contributed by atoms with Crippen molar-refractivity contribution in [3.8, 4) is 0 Å². The molecule has 0 heterocycles. The summed E-state index contributed by atoms with van der Waals surface area (Å²) in [5, 5.41) is 2.38. The van der Waals surface area contributed by atoms with Crippen molar-refractivity contribution in [2.75, 3.05) is 5.32 Å². The van der Waals surface area contributed by atoms with Crippen LogP contribution >= 0.6 is 0 Å². The summed E-state index contributed by atoms with van der Waals surface area (Å²) in [5.41, 5.74) is 1.20. The number of para-hydroxylation sites is 1. The van der Waals surface area contributed by atoms with Crippen molar-refractivity contribution < 1.29 is 57.3 Å². The van der Waals surface area contributed by atoms with Gasteiger partial charge in [0.25, 0.3) is 17.3 Å². The third-order valence-corrected chi connectivity index (χ3v) is 2.57. The van der Waals surface area contributed by atoms with Crippen molar-refractivity contribution in [2.24, 2.45) is 0 Å². The second kappa shape index (κ2) is 11.8. The molecule has 0 unspecified atom stereocenters. The molecule has 0 aliphatic carbocycles. The van der Waals surface area contributed by atoms with Crippen molar-refractivity contribution in [1.82, 2.24) is 0 Å². The fraction of sp³-hybridized carbons (Fsp3) is 0. The predicted molar refractivity (Wildman–Crippen MR) is 84.4 cm³/mol. The summed E-state index contributed by atoms with van der Waals surface area (Å²) in [4.78, 5) is 33.8. The molecular weight excluding hydrogens is 345 g/mol. The van der Waals surface area contributed by atoms with Gasteiger partial charge >= 0.3 is 29.6 Å². The largest absolute Gasteiger partial charge is 1.00 e. The minimum Gasteiger partial charge on any atom is -0.319 e. The fourth-order valence-corrected chi connectivity index (χ4v) is 1.70. The van der Waals surface area contributed by atoms with E-state index >= 15 is 0 Å². The zero-order valence-corrected chi connectivity index (χ0v) is 15.5. The summed E-state index contributed by atoms with van der Waals surface area (Å²) in [7, 11) is 0. The van der Waals surface area contributed by atoms with Gasteiger partial charge < -0.3 is 5.32 Å². The number of carbonyl (C=O) groups is 3. The van der Waals surface area contributed by atoms with Gasteiger partial charge in [0.2, 0.25) is 6.29 Å². The normalized spacial score (nSPS) is 9.12. The van der Waals surface area contributed by atoms with Gasteiger partial charge in [-0.25, -0.2) is 0 Å². The summed E-state index contributed by atoms with van der Waals surface area (Å²) in [6, 6.07) is 15.3. The Labute approximate surface area is 162 Å². The molecule has 0 aliphatic heterocycles. The topological polar surface area (TPSA) is 121 Å². The number of carbonyl (C=O) groups excluding carboxylic acids is 3. The van der Waals surface area contributed by atoms with Crippen molar-refractivity contribution >= 4 is 35.0 Å². The molecule has 0 aliphatic rings. The molecule has 0 spiro atoms. The molecule has 1 amide bonds. The van der Waals surface area contributed by atoms with Crippen LogP contribution in [0.25, 0.3) is 0 Å². The third kappa shape index (κ3) is 7.73. The number of ketones is 1. The van der Waals surface area contributed by atoms with Gasteiger partial charge in [0, 0.05) is 11.1 Å². The predicted octanol–water partition coefficient (Wildman–Crippen LogP) is -1.26. The Bertz CT molecular complexity index is 719.